The predicted molar refractivity (Wildman–Crippen MR) is 6.18 cm³/mol. The molecular formula is Ni2O9Re2. The molecule has 0 heterocycles. The molecule has 0 atom stereocenters. The zero-order valence-corrected chi connectivity index (χ0v) is 12.5. The third-order valence-electron chi connectivity index (χ3n) is 0. The van der Waals surface area contributed by atoms with Gasteiger partial charge in [0.05, 0.1) is 0 Å². The Bertz CT molecular complexity index is 15.6. The molecule has 0 radical (unpaired) electrons. The Morgan fingerprint density at radius 3 is 0.231 bits per heavy atom. The Balaban J connectivity index is 0. The van der Waals surface area contributed by atoms with Crippen molar-refractivity contribution in [2.24, 2.45) is 0 Å². The summed E-state index contributed by atoms with van der Waals surface area (Å²) in [5.74, 6) is 0. The summed E-state index contributed by atoms with van der Waals surface area (Å²) in [4.78, 5) is 0. The van der Waals surface area contributed by atoms with Gasteiger partial charge in [0.15, 0.2) is 0 Å². The van der Waals surface area contributed by atoms with Crippen LogP contribution in [0.25, 0.3) is 0 Å². The molecule has 0 spiro atoms. The van der Waals surface area contributed by atoms with Crippen LogP contribution in [0.1, 0.15) is 0 Å². The topological polar surface area (TPSA) is 256 Å². The minimum atomic E-state index is 0. The predicted octanol–water partition coefficient (Wildman–Crippen LogP) is -1.08. The molecular weight excluding hydrogens is 634 g/mol. The van der Waals surface area contributed by atoms with Gasteiger partial charge >= 0.3 is 73.8 Å². The molecule has 13 heavy (non-hydrogen) atoms. The monoisotopic (exact) mass is 634 g/mol. The molecule has 9 nitrogen and oxygen atoms in total. The van der Waals surface area contributed by atoms with Crippen molar-refractivity contribution in [3.05, 3.63) is 0 Å². The van der Waals surface area contributed by atoms with Crippen molar-refractivity contribution >= 4 is 0 Å². The summed E-state index contributed by atoms with van der Waals surface area (Å²) in [5, 5.41) is 0. The number of rotatable bonds is 0. The van der Waals surface area contributed by atoms with Crippen molar-refractivity contribution in [3.63, 3.8) is 0 Å². The SMILES string of the molecule is [Ni+2].[Ni+2].[O-2].[O-2].[O-2].[O-2].[O-2].[O-2].[O-2].[O-2].[O-2].[Re+7].[Re+7]. The van der Waals surface area contributed by atoms with Gasteiger partial charge in [-0.2, -0.15) is 0 Å². The van der Waals surface area contributed by atoms with Gasteiger partial charge in [-0.25, -0.2) is 0 Å². The van der Waals surface area contributed by atoms with E-state index in [-0.39, 0.29) is 123 Å². The smallest absolute Gasteiger partial charge is 2.00 e. The summed E-state index contributed by atoms with van der Waals surface area (Å²) in [6.07, 6.45) is 0. The Labute approximate surface area is 122 Å². The van der Waals surface area contributed by atoms with Gasteiger partial charge in [-0.15, -0.1) is 0 Å². The van der Waals surface area contributed by atoms with Crippen LogP contribution in [-0.2, 0) is 123 Å². The zero-order chi connectivity index (χ0) is 0. The maximum atomic E-state index is 0. The molecule has 88 valence electrons. The van der Waals surface area contributed by atoms with Gasteiger partial charge in [-0.3, -0.25) is 0 Å². The quantitative estimate of drug-likeness (QED) is 0.288. The van der Waals surface area contributed by atoms with Crippen molar-refractivity contribution in [2.45, 2.75) is 0 Å². The molecule has 0 saturated carbocycles. The summed E-state index contributed by atoms with van der Waals surface area (Å²) in [5.41, 5.74) is 0. The van der Waals surface area contributed by atoms with Crippen molar-refractivity contribution in [3.8, 4) is 0 Å². The van der Waals surface area contributed by atoms with Gasteiger partial charge in [0.2, 0.25) is 0 Å². The average Bonchev–Trinajstić information content (AvgIpc) is 0. The normalized spacial score (nSPS) is 0. The first-order valence-corrected chi connectivity index (χ1v) is 0. The summed E-state index contributed by atoms with van der Waals surface area (Å²) in [7, 11) is 0. The second kappa shape index (κ2) is 614. The van der Waals surface area contributed by atoms with Gasteiger partial charge in [0.25, 0.3) is 0 Å². The van der Waals surface area contributed by atoms with Crippen LogP contribution >= 0.6 is 0 Å². The number of hydrogen-bond acceptors (Lipinski definition) is 0. The first kappa shape index (κ1) is 764. The summed E-state index contributed by atoms with van der Waals surface area (Å²) in [6.45, 7) is 0. The molecule has 0 aliphatic rings. The third kappa shape index (κ3) is 523. The van der Waals surface area contributed by atoms with Gasteiger partial charge < -0.3 is 49.3 Å². The largest absolute Gasteiger partial charge is 7.00 e. The molecule has 0 N–H and O–H groups in total. The fourth-order valence-corrected chi connectivity index (χ4v) is 0. The molecule has 0 amide bonds. The van der Waals surface area contributed by atoms with Crippen LogP contribution in [0, 0.1) is 0 Å². The van der Waals surface area contributed by atoms with Crippen LogP contribution in [0.5, 0.6) is 0 Å². The molecule has 0 unspecified atom stereocenters. The van der Waals surface area contributed by atoms with Gasteiger partial charge in [0.1, 0.15) is 0 Å². The van der Waals surface area contributed by atoms with Gasteiger partial charge in [-0.1, -0.05) is 0 Å². The summed E-state index contributed by atoms with van der Waals surface area (Å²) >= 11 is 0. The van der Waals surface area contributed by atoms with E-state index in [9.17, 15) is 0 Å². The van der Waals surface area contributed by atoms with E-state index in [1.54, 1.807) is 0 Å². The van der Waals surface area contributed by atoms with Crippen LogP contribution in [0.2, 0.25) is 0 Å². The van der Waals surface area contributed by atoms with E-state index in [2.05, 4.69) is 0 Å². The molecule has 0 aliphatic heterocycles. The molecule has 0 saturated heterocycles. The van der Waals surface area contributed by atoms with E-state index in [4.69, 9.17) is 0 Å². The molecule has 0 aromatic carbocycles. The second-order valence-corrected chi connectivity index (χ2v) is 0. The van der Waals surface area contributed by atoms with Crippen LogP contribution < -0.4 is 0 Å². The maximum absolute atomic E-state index is 0. The average molecular weight is 634 g/mol. The minimum Gasteiger partial charge on any atom is -2.00 e. The van der Waals surface area contributed by atoms with Crippen LogP contribution in [0.3, 0.4) is 0 Å². The molecule has 13 heteroatoms. The molecule has 0 aromatic heterocycles. The fourth-order valence-electron chi connectivity index (χ4n) is 0. The second-order valence-electron chi connectivity index (χ2n) is 0. The van der Waals surface area contributed by atoms with Crippen molar-refractivity contribution in [1.82, 2.24) is 0 Å². The first-order chi connectivity index (χ1) is 0. The minimum absolute atomic E-state index is 0. The van der Waals surface area contributed by atoms with Gasteiger partial charge in [-0.05, 0) is 0 Å². The number of hydrogen-bond donors (Lipinski definition) is 0. The standard InChI is InChI=1S/2Ni.9O.2Re/q2*+2;9*-2;2*+7. The maximum Gasteiger partial charge on any atom is 7.00 e. The van der Waals surface area contributed by atoms with Crippen molar-refractivity contribution in [1.29, 1.82) is 0 Å². The Morgan fingerprint density at radius 2 is 0.231 bits per heavy atom. The molecule has 0 rings (SSSR count). The molecule has 0 bridgehead atoms. The summed E-state index contributed by atoms with van der Waals surface area (Å²) in [6, 6.07) is 0. The van der Waals surface area contributed by atoms with Crippen LogP contribution in [0.15, 0.2) is 0 Å². The third-order valence-corrected chi connectivity index (χ3v) is 0. The van der Waals surface area contributed by atoms with E-state index in [0.717, 1.165) is 0 Å². The van der Waals surface area contributed by atoms with E-state index in [0.29, 0.717) is 0 Å². The van der Waals surface area contributed by atoms with Gasteiger partial charge in [0, 0.05) is 0 Å². The Morgan fingerprint density at radius 1 is 0.231 bits per heavy atom. The van der Waals surface area contributed by atoms with Crippen LogP contribution in [0.4, 0.5) is 0 Å². The van der Waals surface area contributed by atoms with E-state index >= 15 is 0 Å². The van der Waals surface area contributed by atoms with Crippen molar-refractivity contribution in [2.75, 3.05) is 0 Å². The molecule has 0 aromatic rings. The van der Waals surface area contributed by atoms with Crippen LogP contribution in [-0.4, -0.2) is 0 Å². The Kier molecular flexibility index (Phi) is 36100. The van der Waals surface area contributed by atoms with E-state index in [1.165, 1.54) is 0 Å². The summed E-state index contributed by atoms with van der Waals surface area (Å²) < 4.78 is 0. The molecule has 0 aliphatic carbocycles. The fraction of sp³-hybridized carbons (Fsp3) is 0. The Hall–Kier alpha value is 1.95. The molecule has 0 fully saturated rings. The zero-order valence-electron chi connectivity index (χ0n) is 5.06. The van der Waals surface area contributed by atoms with Crippen molar-refractivity contribution < 1.29 is 123 Å². The van der Waals surface area contributed by atoms with E-state index < -0.39 is 0 Å². The first-order valence-electron chi connectivity index (χ1n) is 0. The van der Waals surface area contributed by atoms with E-state index in [1.807, 2.05) is 0 Å².